The van der Waals surface area contributed by atoms with Crippen LogP contribution in [0.5, 0.6) is 0 Å². The van der Waals surface area contributed by atoms with E-state index in [0.717, 1.165) is 12.8 Å². The van der Waals surface area contributed by atoms with Crippen LogP contribution >= 0.6 is 0 Å². The maximum absolute atomic E-state index is 9.28. The van der Waals surface area contributed by atoms with E-state index in [1.165, 1.54) is 6.42 Å². The summed E-state index contributed by atoms with van der Waals surface area (Å²) in [5.74, 6) is 0.505. The molecule has 0 radical (unpaired) electrons. The molecular weight excluding hydrogens is 138 g/mol. The molecule has 2 heteroatoms. The first-order valence-corrected chi connectivity index (χ1v) is 4.50. The zero-order valence-electron chi connectivity index (χ0n) is 7.51. The van der Waals surface area contributed by atoms with E-state index < -0.39 is 0 Å². The molecule has 3 N–H and O–H groups in total. The summed E-state index contributed by atoms with van der Waals surface area (Å²) in [5.41, 5.74) is 5.99. The van der Waals surface area contributed by atoms with E-state index in [4.69, 9.17) is 5.73 Å². The van der Waals surface area contributed by atoms with Crippen LogP contribution in [0.25, 0.3) is 0 Å². The minimum absolute atomic E-state index is 0.0278. The average Bonchev–Trinajstić information content (AvgIpc) is 2.32. The quantitative estimate of drug-likeness (QED) is 0.631. The highest BCUT2D eigenvalue weighted by Crippen LogP contribution is 2.42. The van der Waals surface area contributed by atoms with Crippen molar-refractivity contribution in [1.29, 1.82) is 0 Å². The van der Waals surface area contributed by atoms with Gasteiger partial charge in [-0.15, -0.1) is 0 Å². The summed E-state index contributed by atoms with van der Waals surface area (Å²) in [6.07, 6.45) is 3.36. The third kappa shape index (κ3) is 1.30. The van der Waals surface area contributed by atoms with Gasteiger partial charge in [0.1, 0.15) is 0 Å². The second-order valence-electron chi connectivity index (χ2n) is 4.04. The molecule has 1 rings (SSSR count). The molecule has 0 heterocycles. The van der Waals surface area contributed by atoms with E-state index in [0.29, 0.717) is 5.92 Å². The topological polar surface area (TPSA) is 46.2 Å². The molecule has 11 heavy (non-hydrogen) atoms. The van der Waals surface area contributed by atoms with Gasteiger partial charge >= 0.3 is 0 Å². The first-order valence-electron chi connectivity index (χ1n) is 4.50. The third-order valence-electron chi connectivity index (χ3n) is 3.34. The Morgan fingerprint density at radius 1 is 1.64 bits per heavy atom. The summed E-state index contributed by atoms with van der Waals surface area (Å²) < 4.78 is 0. The molecule has 0 spiro atoms. The van der Waals surface area contributed by atoms with Crippen molar-refractivity contribution < 1.29 is 5.11 Å². The van der Waals surface area contributed by atoms with Gasteiger partial charge in [0.05, 0.1) is 6.61 Å². The average molecular weight is 157 g/mol. The van der Waals surface area contributed by atoms with Gasteiger partial charge in [0.25, 0.3) is 0 Å². The van der Waals surface area contributed by atoms with E-state index in [1.807, 2.05) is 0 Å². The van der Waals surface area contributed by atoms with E-state index in [1.54, 1.807) is 0 Å². The summed E-state index contributed by atoms with van der Waals surface area (Å²) in [5, 5.41) is 9.28. The fourth-order valence-corrected chi connectivity index (χ4v) is 2.22. The molecule has 0 bridgehead atoms. The summed E-state index contributed by atoms with van der Waals surface area (Å²) in [7, 11) is 0. The van der Waals surface area contributed by atoms with Crippen LogP contribution in [0.2, 0.25) is 0 Å². The monoisotopic (exact) mass is 157 g/mol. The molecule has 0 aliphatic heterocycles. The van der Waals surface area contributed by atoms with Gasteiger partial charge in [-0.1, -0.05) is 20.3 Å². The second-order valence-corrected chi connectivity index (χ2v) is 4.04. The van der Waals surface area contributed by atoms with Gasteiger partial charge in [0.15, 0.2) is 0 Å². The van der Waals surface area contributed by atoms with Crippen molar-refractivity contribution in [1.82, 2.24) is 0 Å². The number of aliphatic hydroxyl groups is 1. The van der Waals surface area contributed by atoms with Gasteiger partial charge in [0.2, 0.25) is 0 Å². The second kappa shape index (κ2) is 3.11. The van der Waals surface area contributed by atoms with E-state index in [9.17, 15) is 5.11 Å². The zero-order chi connectivity index (χ0) is 8.48. The fraction of sp³-hybridized carbons (Fsp3) is 1.00. The number of nitrogens with two attached hydrogens (primary N) is 1. The summed E-state index contributed by atoms with van der Waals surface area (Å²) >= 11 is 0. The van der Waals surface area contributed by atoms with Gasteiger partial charge in [-0.3, -0.25) is 0 Å². The Bertz CT molecular complexity index is 136. The van der Waals surface area contributed by atoms with Crippen molar-refractivity contribution in [2.45, 2.75) is 39.2 Å². The smallest absolute Gasteiger partial charge is 0.0504 e. The first kappa shape index (κ1) is 9.01. The van der Waals surface area contributed by atoms with Gasteiger partial charge in [-0.05, 0) is 18.8 Å². The van der Waals surface area contributed by atoms with Crippen molar-refractivity contribution in [2.75, 3.05) is 6.61 Å². The largest absolute Gasteiger partial charge is 0.396 e. The van der Waals surface area contributed by atoms with Crippen LogP contribution in [-0.2, 0) is 0 Å². The number of hydrogen-bond acceptors (Lipinski definition) is 2. The number of rotatable bonds is 2. The lowest BCUT2D eigenvalue weighted by atomic mass is 9.74. The lowest BCUT2D eigenvalue weighted by Crippen LogP contribution is -2.43. The van der Waals surface area contributed by atoms with Gasteiger partial charge in [0, 0.05) is 11.5 Å². The molecule has 0 aromatic heterocycles. The van der Waals surface area contributed by atoms with Crippen molar-refractivity contribution in [2.24, 2.45) is 17.1 Å². The SMILES string of the molecule is CC(C)C1(CO)CCCC1N. The maximum atomic E-state index is 9.28. The predicted octanol–water partition coefficient (Wildman–Crippen LogP) is 1.13. The molecule has 0 saturated heterocycles. The van der Waals surface area contributed by atoms with Crippen molar-refractivity contribution in [3.8, 4) is 0 Å². The molecule has 1 aliphatic carbocycles. The predicted molar refractivity (Wildman–Crippen MR) is 46.2 cm³/mol. The minimum Gasteiger partial charge on any atom is -0.396 e. The lowest BCUT2D eigenvalue weighted by molar-refractivity contribution is 0.0674. The summed E-state index contributed by atoms with van der Waals surface area (Å²) in [4.78, 5) is 0. The van der Waals surface area contributed by atoms with Crippen molar-refractivity contribution in [3.63, 3.8) is 0 Å². The summed E-state index contributed by atoms with van der Waals surface area (Å²) in [6.45, 7) is 4.56. The Morgan fingerprint density at radius 3 is 2.45 bits per heavy atom. The fourth-order valence-electron chi connectivity index (χ4n) is 2.22. The highest BCUT2D eigenvalue weighted by molar-refractivity contribution is 4.96. The van der Waals surface area contributed by atoms with E-state index in [2.05, 4.69) is 13.8 Å². The molecule has 2 nitrogen and oxygen atoms in total. The van der Waals surface area contributed by atoms with Crippen LogP contribution < -0.4 is 5.73 Å². The van der Waals surface area contributed by atoms with Crippen molar-refractivity contribution in [3.05, 3.63) is 0 Å². The van der Waals surface area contributed by atoms with Crippen LogP contribution in [0.1, 0.15) is 33.1 Å². The zero-order valence-corrected chi connectivity index (χ0v) is 7.51. The molecule has 66 valence electrons. The standard InChI is InChI=1S/C9H19NO/c1-7(2)9(6-11)5-3-4-8(9)10/h7-8,11H,3-6,10H2,1-2H3. The Balaban J connectivity index is 2.73. The van der Waals surface area contributed by atoms with Gasteiger partial charge < -0.3 is 10.8 Å². The molecule has 1 saturated carbocycles. The van der Waals surface area contributed by atoms with Crippen LogP contribution in [-0.4, -0.2) is 17.8 Å². The molecule has 1 aliphatic rings. The Hall–Kier alpha value is -0.0800. The lowest BCUT2D eigenvalue weighted by Gasteiger charge is -2.35. The van der Waals surface area contributed by atoms with Crippen LogP contribution in [0.3, 0.4) is 0 Å². The highest BCUT2D eigenvalue weighted by atomic mass is 16.3. The van der Waals surface area contributed by atoms with Crippen LogP contribution in [0.4, 0.5) is 0 Å². The first-order chi connectivity index (χ1) is 5.13. The maximum Gasteiger partial charge on any atom is 0.0504 e. The van der Waals surface area contributed by atoms with Gasteiger partial charge in [-0.25, -0.2) is 0 Å². The molecule has 2 atom stereocenters. The molecule has 0 aromatic carbocycles. The Morgan fingerprint density at radius 2 is 2.27 bits per heavy atom. The normalized spacial score (nSPS) is 38.5. The third-order valence-corrected chi connectivity index (χ3v) is 3.34. The van der Waals surface area contributed by atoms with Crippen molar-refractivity contribution >= 4 is 0 Å². The van der Waals surface area contributed by atoms with Crippen LogP contribution in [0, 0.1) is 11.3 Å². The Kier molecular flexibility index (Phi) is 2.55. The van der Waals surface area contributed by atoms with Crippen LogP contribution in [0.15, 0.2) is 0 Å². The highest BCUT2D eigenvalue weighted by Gasteiger charge is 2.42. The molecule has 0 amide bonds. The Labute approximate surface area is 68.8 Å². The molecule has 2 unspecified atom stereocenters. The van der Waals surface area contributed by atoms with Gasteiger partial charge in [-0.2, -0.15) is 0 Å². The van der Waals surface area contributed by atoms with E-state index in [-0.39, 0.29) is 18.1 Å². The van der Waals surface area contributed by atoms with E-state index >= 15 is 0 Å². The number of hydrogen-bond donors (Lipinski definition) is 2. The number of aliphatic hydroxyl groups excluding tert-OH is 1. The molecule has 0 aromatic rings. The summed E-state index contributed by atoms with van der Waals surface area (Å²) in [6, 6.07) is 0.215. The molecule has 1 fully saturated rings. The minimum atomic E-state index is 0.0278. The molecular formula is C9H19NO.